The summed E-state index contributed by atoms with van der Waals surface area (Å²) in [6, 6.07) is 46.1. The quantitative estimate of drug-likeness (QED) is 0.229. The van der Waals surface area contributed by atoms with Crippen LogP contribution in [0.1, 0.15) is 0 Å². The number of para-hydroxylation sites is 2. The fraction of sp³-hybridized carbons (Fsp3) is 0. The minimum absolute atomic E-state index is 1.17. The highest BCUT2D eigenvalue weighted by molar-refractivity contribution is 6.18. The van der Waals surface area contributed by atoms with Gasteiger partial charge in [0.25, 0.3) is 0 Å². The molecule has 0 aliphatic heterocycles. The Labute approximate surface area is 208 Å². The Bertz CT molecular complexity index is 2090. The summed E-state index contributed by atoms with van der Waals surface area (Å²) >= 11 is 0. The first-order valence-electron chi connectivity index (χ1n) is 12.4. The predicted molar refractivity (Wildman–Crippen MR) is 153 cm³/mol. The molecule has 0 aliphatic rings. The summed E-state index contributed by atoms with van der Waals surface area (Å²) in [5.74, 6) is 0. The molecule has 0 radical (unpaired) electrons. The summed E-state index contributed by atoms with van der Waals surface area (Å²) < 4.78 is 4.72. The lowest BCUT2D eigenvalue weighted by molar-refractivity contribution is 1.13. The second-order valence-corrected chi connectivity index (χ2v) is 9.46. The van der Waals surface area contributed by atoms with E-state index in [1.807, 2.05) is 0 Å². The predicted octanol–water partition coefficient (Wildman–Crippen LogP) is 9.03. The van der Waals surface area contributed by atoms with Gasteiger partial charge >= 0.3 is 0 Å². The van der Waals surface area contributed by atoms with E-state index in [0.717, 1.165) is 0 Å². The van der Waals surface area contributed by atoms with Gasteiger partial charge in [0.15, 0.2) is 0 Å². The Kier molecular flexibility index (Phi) is 3.97. The highest BCUT2D eigenvalue weighted by atomic mass is 15.0. The molecule has 0 amide bonds. The molecule has 0 aliphatic carbocycles. The van der Waals surface area contributed by atoms with Gasteiger partial charge in [0, 0.05) is 33.7 Å². The maximum atomic E-state index is 2.44. The number of hydrogen-bond donors (Lipinski definition) is 0. The van der Waals surface area contributed by atoms with Crippen LogP contribution in [0.4, 0.5) is 0 Å². The third-order valence-corrected chi connectivity index (χ3v) is 7.52. The molecule has 2 nitrogen and oxygen atoms in total. The van der Waals surface area contributed by atoms with Crippen LogP contribution in [-0.4, -0.2) is 9.13 Å². The van der Waals surface area contributed by atoms with Gasteiger partial charge in [-0.25, -0.2) is 0 Å². The van der Waals surface area contributed by atoms with Crippen molar-refractivity contribution in [3.63, 3.8) is 0 Å². The Hall–Kier alpha value is -4.82. The summed E-state index contributed by atoms with van der Waals surface area (Å²) in [4.78, 5) is 0. The van der Waals surface area contributed by atoms with E-state index in [4.69, 9.17) is 0 Å². The number of nitrogens with zero attached hydrogens (tertiary/aromatic N) is 2. The van der Waals surface area contributed by atoms with Crippen molar-refractivity contribution in [1.29, 1.82) is 0 Å². The van der Waals surface area contributed by atoms with Crippen molar-refractivity contribution in [2.24, 2.45) is 0 Å². The van der Waals surface area contributed by atoms with Crippen LogP contribution in [0.2, 0.25) is 0 Å². The van der Waals surface area contributed by atoms with Crippen LogP contribution in [0.3, 0.4) is 0 Å². The highest BCUT2D eigenvalue weighted by Crippen LogP contribution is 2.38. The van der Waals surface area contributed by atoms with Crippen LogP contribution in [0.25, 0.3) is 65.6 Å². The molecular formula is C34H22N2. The average Bonchev–Trinajstić information content (AvgIpc) is 3.52. The number of hydrogen-bond acceptors (Lipinski definition) is 0. The van der Waals surface area contributed by atoms with Gasteiger partial charge in [-0.3, -0.25) is 0 Å². The number of rotatable bonds is 2. The zero-order valence-electron chi connectivity index (χ0n) is 19.6. The minimum atomic E-state index is 1.17. The van der Waals surface area contributed by atoms with Gasteiger partial charge in [0.1, 0.15) is 0 Å². The number of fused-ring (bicyclic) bond motifs is 8. The van der Waals surface area contributed by atoms with E-state index in [-0.39, 0.29) is 0 Å². The molecule has 6 aromatic carbocycles. The van der Waals surface area contributed by atoms with E-state index in [9.17, 15) is 0 Å². The molecule has 36 heavy (non-hydrogen) atoms. The van der Waals surface area contributed by atoms with E-state index in [1.54, 1.807) is 0 Å². The van der Waals surface area contributed by atoms with E-state index in [0.29, 0.717) is 0 Å². The van der Waals surface area contributed by atoms with Crippen LogP contribution in [-0.2, 0) is 0 Å². The van der Waals surface area contributed by atoms with E-state index in [1.165, 1.54) is 65.6 Å². The van der Waals surface area contributed by atoms with Crippen molar-refractivity contribution < 1.29 is 0 Å². The molecule has 2 heteroatoms. The Balaban J connectivity index is 1.47. The fourth-order valence-electron chi connectivity index (χ4n) is 5.90. The van der Waals surface area contributed by atoms with E-state index in [2.05, 4.69) is 143 Å². The summed E-state index contributed by atoms with van der Waals surface area (Å²) in [5.41, 5.74) is 6.05. The summed E-state index contributed by atoms with van der Waals surface area (Å²) in [5, 5.41) is 8.93. The van der Waals surface area contributed by atoms with Gasteiger partial charge in [-0.2, -0.15) is 0 Å². The smallest absolute Gasteiger partial charge is 0.0635 e. The lowest BCUT2D eigenvalue weighted by atomic mass is 10.0. The van der Waals surface area contributed by atoms with Crippen molar-refractivity contribution >= 4 is 54.3 Å². The number of aromatic nitrogens is 2. The highest BCUT2D eigenvalue weighted by Gasteiger charge is 2.17. The van der Waals surface area contributed by atoms with Crippen molar-refractivity contribution in [1.82, 2.24) is 9.13 Å². The maximum Gasteiger partial charge on any atom is 0.0635 e. The first kappa shape index (κ1) is 19.5. The van der Waals surface area contributed by atoms with Crippen LogP contribution in [0.5, 0.6) is 0 Å². The normalized spacial score (nSPS) is 11.9. The van der Waals surface area contributed by atoms with Gasteiger partial charge in [-0.05, 0) is 64.0 Å². The first-order chi connectivity index (χ1) is 17.9. The molecule has 0 saturated carbocycles. The third kappa shape index (κ3) is 2.67. The van der Waals surface area contributed by atoms with Crippen LogP contribution in [0, 0.1) is 0 Å². The summed E-state index contributed by atoms with van der Waals surface area (Å²) in [7, 11) is 0. The molecule has 168 valence electrons. The first-order valence-corrected chi connectivity index (χ1v) is 12.4. The lowest BCUT2D eigenvalue weighted by Gasteiger charge is -2.12. The molecule has 0 atom stereocenters. The zero-order valence-corrected chi connectivity index (χ0v) is 19.6. The van der Waals surface area contributed by atoms with Crippen LogP contribution in [0.15, 0.2) is 134 Å². The topological polar surface area (TPSA) is 9.86 Å². The standard InChI is InChI=1S/C34H22N2/c1-2-9-25(10-3-1)35-21-20-31-32(35)19-18-30-29-12-6-7-13-33(29)36(34(30)31)26-16-17-28-24(22-26)15-14-23-8-4-5-11-27(23)28/h1-22H. The zero-order chi connectivity index (χ0) is 23.6. The van der Waals surface area contributed by atoms with E-state index < -0.39 is 0 Å². The molecule has 0 spiro atoms. The van der Waals surface area contributed by atoms with Crippen molar-refractivity contribution in [2.45, 2.75) is 0 Å². The fourth-order valence-corrected chi connectivity index (χ4v) is 5.90. The minimum Gasteiger partial charge on any atom is -0.316 e. The molecule has 2 aromatic heterocycles. The maximum absolute atomic E-state index is 2.44. The Morgan fingerprint density at radius 3 is 2.03 bits per heavy atom. The molecule has 0 fully saturated rings. The van der Waals surface area contributed by atoms with Crippen molar-refractivity contribution in [2.75, 3.05) is 0 Å². The molecule has 0 unspecified atom stereocenters. The summed E-state index contributed by atoms with van der Waals surface area (Å²) in [6.45, 7) is 0. The molecule has 0 N–H and O–H groups in total. The Morgan fingerprint density at radius 2 is 1.11 bits per heavy atom. The third-order valence-electron chi connectivity index (χ3n) is 7.52. The lowest BCUT2D eigenvalue weighted by Crippen LogP contribution is -1.95. The average molecular weight is 459 g/mol. The molecule has 8 aromatic rings. The molecule has 0 bridgehead atoms. The summed E-state index contributed by atoms with van der Waals surface area (Å²) in [6.07, 6.45) is 2.19. The monoisotopic (exact) mass is 458 g/mol. The second-order valence-electron chi connectivity index (χ2n) is 9.46. The SMILES string of the molecule is c1ccc(-n2ccc3c2ccc2c4ccccc4n(-c4ccc5c(ccc6ccccc65)c4)c23)cc1. The van der Waals surface area contributed by atoms with Crippen molar-refractivity contribution in [3.8, 4) is 11.4 Å². The van der Waals surface area contributed by atoms with Gasteiger partial charge in [0.05, 0.1) is 16.6 Å². The van der Waals surface area contributed by atoms with Gasteiger partial charge < -0.3 is 9.13 Å². The van der Waals surface area contributed by atoms with Gasteiger partial charge in [-0.1, -0.05) is 84.9 Å². The Morgan fingerprint density at radius 1 is 0.389 bits per heavy atom. The largest absolute Gasteiger partial charge is 0.316 e. The van der Waals surface area contributed by atoms with Gasteiger partial charge in [0.2, 0.25) is 0 Å². The van der Waals surface area contributed by atoms with Crippen LogP contribution < -0.4 is 0 Å². The van der Waals surface area contributed by atoms with Crippen LogP contribution >= 0.6 is 0 Å². The number of benzene rings is 6. The molecule has 2 heterocycles. The molecule has 0 saturated heterocycles. The molecular weight excluding hydrogens is 436 g/mol. The van der Waals surface area contributed by atoms with E-state index >= 15 is 0 Å². The molecule has 8 rings (SSSR count). The van der Waals surface area contributed by atoms with Crippen molar-refractivity contribution in [3.05, 3.63) is 134 Å². The second kappa shape index (κ2) is 7.34. The van der Waals surface area contributed by atoms with Gasteiger partial charge in [-0.15, -0.1) is 0 Å².